The average Bonchev–Trinajstić information content (AvgIpc) is 3.70. The first-order chi connectivity index (χ1) is 18.8. The van der Waals surface area contributed by atoms with E-state index in [9.17, 15) is 13.2 Å². The fourth-order valence-corrected chi connectivity index (χ4v) is 6.51. The molecule has 210 valence electrons. The predicted molar refractivity (Wildman–Crippen MR) is 152 cm³/mol. The lowest BCUT2D eigenvalue weighted by atomic mass is 9.87. The fourth-order valence-electron chi connectivity index (χ4n) is 4.44. The first kappa shape index (κ1) is 29.0. The van der Waals surface area contributed by atoms with E-state index in [-0.39, 0.29) is 11.3 Å². The minimum atomic E-state index is -3.23. The van der Waals surface area contributed by atoms with E-state index >= 15 is 0 Å². The lowest BCUT2D eigenvalue weighted by Gasteiger charge is -2.34. The Morgan fingerprint density at radius 2 is 1.95 bits per heavy atom. The number of thiazole rings is 1. The quantitative estimate of drug-likeness (QED) is 0.347. The molecule has 0 bridgehead atoms. The van der Waals surface area contributed by atoms with Crippen molar-refractivity contribution < 1.29 is 17.9 Å². The molecule has 1 unspecified atom stereocenters. The number of aromatic nitrogens is 4. The largest absolute Gasteiger partial charge is 0.477 e. The van der Waals surface area contributed by atoms with Gasteiger partial charge in [0, 0.05) is 12.4 Å². The Morgan fingerprint density at radius 1 is 1.18 bits per heavy atom. The number of rotatable bonds is 10. The highest BCUT2D eigenvalue weighted by atomic mass is 32.2. The number of pyridine rings is 1. The zero-order valence-electron chi connectivity index (χ0n) is 22.4. The summed E-state index contributed by atoms with van der Waals surface area (Å²) in [5.74, 6) is 1.00. The van der Waals surface area contributed by atoms with Crippen molar-refractivity contribution in [2.75, 3.05) is 38.5 Å². The summed E-state index contributed by atoms with van der Waals surface area (Å²) in [6.45, 7) is 4.61. The standard InChI is InChI=1S/C16H26N4O2S.C10H9N3O2S/c1-17-16(12-6-9-20(2)10-7-12)15-11-13(5-8-18-15)19-23(21,22)14-3-4-14;1-2-15-9-5-11-3-7(13-9)8-4-12-10(6-14)16-8/h5,8,11-12,14,16-17H,3-4,6-7,9-10H2,1-2H3,(H,18,19);3-6H,2H2,1H3. The monoisotopic (exact) mass is 573 g/mol. The van der Waals surface area contributed by atoms with Gasteiger partial charge in [-0.25, -0.2) is 18.4 Å². The van der Waals surface area contributed by atoms with Crippen molar-refractivity contribution in [1.82, 2.24) is 30.2 Å². The van der Waals surface area contributed by atoms with E-state index in [1.807, 2.05) is 20.0 Å². The van der Waals surface area contributed by atoms with Crippen LogP contribution in [0.4, 0.5) is 5.69 Å². The smallest absolute Gasteiger partial charge is 0.235 e. The minimum absolute atomic E-state index is 0.161. The number of anilines is 1. The lowest BCUT2D eigenvalue weighted by molar-refractivity contribution is 0.112. The van der Waals surface area contributed by atoms with Crippen molar-refractivity contribution in [3.63, 3.8) is 0 Å². The van der Waals surface area contributed by atoms with E-state index in [0.717, 1.165) is 49.3 Å². The number of hydrogen-bond acceptors (Lipinski definition) is 11. The molecule has 4 heterocycles. The molecule has 2 N–H and O–H groups in total. The van der Waals surface area contributed by atoms with Gasteiger partial charge in [-0.15, -0.1) is 11.3 Å². The van der Waals surface area contributed by atoms with Crippen LogP contribution in [0.2, 0.25) is 0 Å². The molecule has 1 saturated carbocycles. The summed E-state index contributed by atoms with van der Waals surface area (Å²) in [6, 6.07) is 3.76. The van der Waals surface area contributed by atoms with Gasteiger partial charge in [0.05, 0.1) is 46.6 Å². The molecule has 1 saturated heterocycles. The van der Waals surface area contributed by atoms with Crippen LogP contribution in [0.25, 0.3) is 10.6 Å². The van der Waals surface area contributed by atoms with Crippen LogP contribution in [0.1, 0.15) is 54.1 Å². The predicted octanol–water partition coefficient (Wildman–Crippen LogP) is 3.40. The Kier molecular flexibility index (Phi) is 9.94. The Bertz CT molecular complexity index is 1340. The summed E-state index contributed by atoms with van der Waals surface area (Å²) in [7, 11) is 0.873. The number of likely N-dealkylation sites (tertiary alicyclic amines) is 1. The van der Waals surface area contributed by atoms with Crippen molar-refractivity contribution in [1.29, 1.82) is 0 Å². The van der Waals surface area contributed by atoms with Crippen molar-refractivity contribution >= 4 is 33.3 Å². The molecule has 0 radical (unpaired) electrons. The van der Waals surface area contributed by atoms with Crippen molar-refractivity contribution in [3.05, 3.63) is 47.6 Å². The van der Waals surface area contributed by atoms with Gasteiger partial charge in [-0.2, -0.15) is 0 Å². The number of hydrogen-bond donors (Lipinski definition) is 2. The van der Waals surface area contributed by atoms with Gasteiger partial charge in [0.2, 0.25) is 15.9 Å². The van der Waals surface area contributed by atoms with Crippen LogP contribution in [0, 0.1) is 5.92 Å². The normalized spacial score (nSPS) is 17.1. The number of piperidine rings is 1. The van der Waals surface area contributed by atoms with Crippen LogP contribution in [-0.4, -0.2) is 78.6 Å². The van der Waals surface area contributed by atoms with Gasteiger partial charge >= 0.3 is 0 Å². The van der Waals surface area contributed by atoms with E-state index < -0.39 is 10.0 Å². The topological polar surface area (TPSA) is 139 Å². The Labute approximate surface area is 233 Å². The third kappa shape index (κ3) is 8.01. The van der Waals surface area contributed by atoms with Crippen LogP contribution in [0.15, 0.2) is 36.9 Å². The second-order valence-corrected chi connectivity index (χ2v) is 12.6. The van der Waals surface area contributed by atoms with Crippen LogP contribution >= 0.6 is 11.3 Å². The van der Waals surface area contributed by atoms with Crippen molar-refractivity contribution in [2.45, 2.75) is 43.9 Å². The number of nitrogens with one attached hydrogen (secondary N) is 2. The zero-order chi connectivity index (χ0) is 27.8. The van der Waals surface area contributed by atoms with Crippen molar-refractivity contribution in [2.24, 2.45) is 5.92 Å². The maximum Gasteiger partial charge on any atom is 0.235 e. The van der Waals surface area contributed by atoms with Crippen LogP contribution in [-0.2, 0) is 10.0 Å². The Hall–Kier alpha value is -3.00. The maximum absolute atomic E-state index is 12.1. The molecular weight excluding hydrogens is 538 g/mol. The Balaban J connectivity index is 0.000000193. The molecule has 3 aromatic rings. The number of aldehydes is 1. The van der Waals surface area contributed by atoms with Gasteiger partial charge in [0.1, 0.15) is 5.69 Å². The molecule has 5 rings (SSSR count). The van der Waals surface area contributed by atoms with Gasteiger partial charge in [-0.3, -0.25) is 19.5 Å². The molecule has 0 spiro atoms. The van der Waals surface area contributed by atoms with Crippen LogP contribution in [0.5, 0.6) is 5.88 Å². The molecule has 39 heavy (non-hydrogen) atoms. The molecule has 0 aromatic carbocycles. The number of carbonyl (C=O) groups excluding carboxylic acids is 1. The second kappa shape index (κ2) is 13.4. The van der Waals surface area contributed by atoms with E-state index in [1.54, 1.807) is 30.9 Å². The molecule has 11 nitrogen and oxygen atoms in total. The highest BCUT2D eigenvalue weighted by molar-refractivity contribution is 7.93. The summed E-state index contributed by atoms with van der Waals surface area (Å²) in [6.07, 6.45) is 11.0. The average molecular weight is 574 g/mol. The molecule has 1 aliphatic carbocycles. The molecular formula is C26H35N7O4S2. The summed E-state index contributed by atoms with van der Waals surface area (Å²) in [5.41, 5.74) is 2.20. The van der Waals surface area contributed by atoms with Gasteiger partial charge in [-0.05, 0) is 77.8 Å². The van der Waals surface area contributed by atoms with E-state index in [4.69, 9.17) is 4.74 Å². The number of ether oxygens (including phenoxy) is 1. The minimum Gasteiger partial charge on any atom is -0.477 e. The third-order valence-corrected chi connectivity index (χ3v) is 9.46. The lowest BCUT2D eigenvalue weighted by Crippen LogP contribution is -2.36. The second-order valence-electron chi connectivity index (χ2n) is 9.58. The van der Waals surface area contributed by atoms with Gasteiger partial charge < -0.3 is 15.0 Å². The van der Waals surface area contributed by atoms with E-state index in [2.05, 4.69) is 41.9 Å². The molecule has 2 aliphatic rings. The van der Waals surface area contributed by atoms with Crippen LogP contribution < -0.4 is 14.8 Å². The third-order valence-electron chi connectivity index (χ3n) is 6.65. The van der Waals surface area contributed by atoms with Gasteiger partial charge in [0.25, 0.3) is 0 Å². The summed E-state index contributed by atoms with van der Waals surface area (Å²) in [5, 5.41) is 3.58. The first-order valence-corrected chi connectivity index (χ1v) is 15.4. The summed E-state index contributed by atoms with van der Waals surface area (Å²) in [4.78, 5) is 30.3. The number of nitrogens with zero attached hydrogens (tertiary/aromatic N) is 5. The zero-order valence-corrected chi connectivity index (χ0v) is 24.0. The molecule has 2 fully saturated rings. The van der Waals surface area contributed by atoms with Crippen LogP contribution in [0.3, 0.4) is 0 Å². The molecule has 1 aliphatic heterocycles. The number of carbonyl (C=O) groups is 1. The first-order valence-electron chi connectivity index (χ1n) is 13.0. The summed E-state index contributed by atoms with van der Waals surface area (Å²) >= 11 is 1.28. The van der Waals surface area contributed by atoms with E-state index in [0.29, 0.717) is 41.1 Å². The summed E-state index contributed by atoms with van der Waals surface area (Å²) < 4.78 is 32.1. The Morgan fingerprint density at radius 3 is 2.59 bits per heavy atom. The molecule has 13 heteroatoms. The maximum atomic E-state index is 12.1. The highest BCUT2D eigenvalue weighted by Gasteiger charge is 2.36. The molecule has 3 aromatic heterocycles. The SMILES string of the molecule is CCOc1cncc(-c2cnc(C=O)s2)n1.CNC(c1cc(NS(=O)(=O)C2CC2)ccn1)C1CCN(C)CC1. The van der Waals surface area contributed by atoms with E-state index in [1.165, 1.54) is 11.3 Å². The van der Waals surface area contributed by atoms with Gasteiger partial charge in [-0.1, -0.05) is 0 Å². The van der Waals surface area contributed by atoms with Gasteiger partial charge in [0.15, 0.2) is 11.3 Å². The highest BCUT2D eigenvalue weighted by Crippen LogP contribution is 2.32. The number of sulfonamides is 1. The fraction of sp³-hybridized carbons (Fsp3) is 0.500. The van der Waals surface area contributed by atoms with Crippen molar-refractivity contribution in [3.8, 4) is 16.5 Å². The molecule has 1 atom stereocenters. The molecule has 0 amide bonds.